The van der Waals surface area contributed by atoms with E-state index >= 15 is 0 Å². The van der Waals surface area contributed by atoms with Gasteiger partial charge in [0, 0.05) is 25.7 Å². The summed E-state index contributed by atoms with van der Waals surface area (Å²) in [5, 5.41) is 18.1. The molecule has 0 aromatic heterocycles. The number of nitrogens with zero attached hydrogens (tertiary/aromatic N) is 1. The Morgan fingerprint density at radius 2 is 1.88 bits per heavy atom. The first-order valence-corrected chi connectivity index (χ1v) is 5.95. The largest absolute Gasteiger partial charge is 0.395 e. The summed E-state index contributed by atoms with van der Waals surface area (Å²) in [6.45, 7) is 3.71. The van der Waals surface area contributed by atoms with E-state index in [1.54, 1.807) is 0 Å². The Bertz CT molecular complexity index is 325. The number of aryl methyl sites for hydroxylation is 1. The third-order valence-corrected chi connectivity index (χ3v) is 2.87. The minimum absolute atomic E-state index is 0.0502. The maximum atomic E-state index is 9.05. The molecule has 0 bridgehead atoms. The Morgan fingerprint density at radius 1 is 1.24 bits per heavy atom. The average Bonchev–Trinajstić information content (AvgIpc) is 2.31. The normalized spacial score (nSPS) is 13.0. The fraction of sp³-hybridized carbons (Fsp3) is 0.538. The van der Waals surface area contributed by atoms with Gasteiger partial charge in [-0.2, -0.15) is 0 Å². The van der Waals surface area contributed by atoms with E-state index in [9.17, 15) is 0 Å². The van der Waals surface area contributed by atoms with Crippen molar-refractivity contribution in [1.29, 1.82) is 0 Å². The molecule has 1 rings (SSSR count). The van der Waals surface area contributed by atoms with Crippen LogP contribution in [0.2, 0.25) is 0 Å². The smallest absolute Gasteiger partial charge is 0.0558 e. The minimum atomic E-state index is 0.0502. The Labute approximate surface area is 103 Å². The summed E-state index contributed by atoms with van der Waals surface area (Å²) in [4.78, 5) is 2.01. The first-order valence-electron chi connectivity index (χ1n) is 5.95. The van der Waals surface area contributed by atoms with Gasteiger partial charge in [-0.25, -0.2) is 0 Å². The third-order valence-electron chi connectivity index (χ3n) is 2.87. The van der Waals surface area contributed by atoms with Gasteiger partial charge in [0.15, 0.2) is 0 Å². The monoisotopic (exact) mass is 238 g/mol. The number of benzene rings is 1. The standard InChI is InChI=1S/C13H22N2O2/c1-11-3-2-4-12(9-11)13(10-14)15(5-7-16)6-8-17/h2-4,9,13,16-17H,5-8,10,14H2,1H3. The zero-order chi connectivity index (χ0) is 12.7. The van der Waals surface area contributed by atoms with Crippen LogP contribution in [0.1, 0.15) is 17.2 Å². The average molecular weight is 238 g/mol. The molecule has 0 aliphatic carbocycles. The van der Waals surface area contributed by atoms with E-state index < -0.39 is 0 Å². The summed E-state index contributed by atoms with van der Waals surface area (Å²) in [5.41, 5.74) is 8.13. The van der Waals surface area contributed by atoms with E-state index in [0.717, 1.165) is 5.56 Å². The van der Waals surface area contributed by atoms with Crippen molar-refractivity contribution in [2.24, 2.45) is 5.73 Å². The summed E-state index contributed by atoms with van der Waals surface area (Å²) in [7, 11) is 0. The van der Waals surface area contributed by atoms with Crippen LogP contribution in [0.5, 0.6) is 0 Å². The Hall–Kier alpha value is -0.940. The van der Waals surface area contributed by atoms with Crippen LogP contribution >= 0.6 is 0 Å². The molecule has 4 nitrogen and oxygen atoms in total. The summed E-state index contributed by atoms with van der Waals surface area (Å²) >= 11 is 0. The zero-order valence-electron chi connectivity index (χ0n) is 10.3. The molecule has 0 amide bonds. The molecule has 4 N–H and O–H groups in total. The molecule has 0 saturated carbocycles. The van der Waals surface area contributed by atoms with Crippen molar-refractivity contribution in [2.75, 3.05) is 32.8 Å². The molecule has 0 spiro atoms. The molecular formula is C13H22N2O2. The van der Waals surface area contributed by atoms with Crippen molar-refractivity contribution < 1.29 is 10.2 Å². The molecule has 0 aliphatic heterocycles. The number of aliphatic hydroxyl groups excluding tert-OH is 2. The maximum Gasteiger partial charge on any atom is 0.0558 e. The molecule has 17 heavy (non-hydrogen) atoms. The molecule has 0 saturated heterocycles. The molecule has 1 aromatic carbocycles. The number of hydrogen-bond donors (Lipinski definition) is 3. The second-order valence-electron chi connectivity index (χ2n) is 4.15. The van der Waals surface area contributed by atoms with Gasteiger partial charge < -0.3 is 15.9 Å². The van der Waals surface area contributed by atoms with E-state index in [1.807, 2.05) is 30.0 Å². The third kappa shape index (κ3) is 4.09. The molecule has 1 aromatic rings. The van der Waals surface area contributed by atoms with Gasteiger partial charge in [-0.1, -0.05) is 29.8 Å². The van der Waals surface area contributed by atoms with Crippen LogP contribution in [0, 0.1) is 6.92 Å². The molecule has 0 heterocycles. The lowest BCUT2D eigenvalue weighted by atomic mass is 10.0. The van der Waals surface area contributed by atoms with E-state index in [-0.39, 0.29) is 19.3 Å². The molecule has 1 unspecified atom stereocenters. The summed E-state index contributed by atoms with van der Waals surface area (Å²) in [6.07, 6.45) is 0. The van der Waals surface area contributed by atoms with E-state index in [2.05, 4.69) is 6.07 Å². The summed E-state index contributed by atoms with van der Waals surface area (Å²) in [6, 6.07) is 8.23. The Balaban J connectivity index is 2.87. The lowest BCUT2D eigenvalue weighted by molar-refractivity contribution is 0.124. The van der Waals surface area contributed by atoms with E-state index in [4.69, 9.17) is 15.9 Å². The van der Waals surface area contributed by atoms with Crippen molar-refractivity contribution in [2.45, 2.75) is 13.0 Å². The van der Waals surface area contributed by atoms with Crippen LogP contribution in [-0.2, 0) is 0 Å². The molecule has 0 fully saturated rings. The van der Waals surface area contributed by atoms with E-state index in [1.165, 1.54) is 5.56 Å². The van der Waals surface area contributed by atoms with Crippen LogP contribution < -0.4 is 5.73 Å². The minimum Gasteiger partial charge on any atom is -0.395 e. The van der Waals surface area contributed by atoms with Gasteiger partial charge in [-0.3, -0.25) is 4.90 Å². The summed E-state index contributed by atoms with van der Waals surface area (Å²) in [5.74, 6) is 0. The number of rotatable bonds is 7. The highest BCUT2D eigenvalue weighted by Gasteiger charge is 2.18. The van der Waals surface area contributed by atoms with Crippen molar-refractivity contribution in [3.05, 3.63) is 35.4 Å². The SMILES string of the molecule is Cc1cccc(C(CN)N(CCO)CCO)c1. The number of aliphatic hydroxyl groups is 2. The highest BCUT2D eigenvalue weighted by atomic mass is 16.3. The van der Waals surface area contributed by atoms with Crippen molar-refractivity contribution in [3.63, 3.8) is 0 Å². The van der Waals surface area contributed by atoms with Gasteiger partial charge in [0.2, 0.25) is 0 Å². The highest BCUT2D eigenvalue weighted by molar-refractivity contribution is 5.25. The number of nitrogens with two attached hydrogens (primary N) is 1. The number of hydrogen-bond acceptors (Lipinski definition) is 4. The maximum absolute atomic E-state index is 9.05. The van der Waals surface area contributed by atoms with Gasteiger partial charge in [0.05, 0.1) is 13.2 Å². The fourth-order valence-corrected chi connectivity index (χ4v) is 2.05. The van der Waals surface area contributed by atoms with Crippen LogP contribution in [0.15, 0.2) is 24.3 Å². The predicted molar refractivity (Wildman–Crippen MR) is 68.7 cm³/mol. The van der Waals surface area contributed by atoms with Crippen LogP contribution in [0.3, 0.4) is 0 Å². The molecule has 1 atom stereocenters. The molecule has 0 aliphatic rings. The lowest BCUT2D eigenvalue weighted by Gasteiger charge is -2.30. The predicted octanol–water partition coefficient (Wildman–Crippen LogP) is 0.281. The van der Waals surface area contributed by atoms with Crippen molar-refractivity contribution in [1.82, 2.24) is 4.90 Å². The van der Waals surface area contributed by atoms with Gasteiger partial charge >= 0.3 is 0 Å². The molecule has 4 heteroatoms. The van der Waals surface area contributed by atoms with Crippen LogP contribution in [-0.4, -0.2) is 48.0 Å². The van der Waals surface area contributed by atoms with Gasteiger partial charge in [-0.05, 0) is 12.5 Å². The van der Waals surface area contributed by atoms with Gasteiger partial charge in [-0.15, -0.1) is 0 Å². The Morgan fingerprint density at radius 3 is 2.35 bits per heavy atom. The van der Waals surface area contributed by atoms with Crippen molar-refractivity contribution in [3.8, 4) is 0 Å². The topological polar surface area (TPSA) is 69.7 Å². The van der Waals surface area contributed by atoms with Gasteiger partial charge in [0.25, 0.3) is 0 Å². The molecule has 0 radical (unpaired) electrons. The summed E-state index contributed by atoms with van der Waals surface area (Å²) < 4.78 is 0. The highest BCUT2D eigenvalue weighted by Crippen LogP contribution is 2.20. The second kappa shape index (κ2) is 7.40. The fourth-order valence-electron chi connectivity index (χ4n) is 2.05. The Kier molecular flexibility index (Phi) is 6.15. The first kappa shape index (κ1) is 14.1. The van der Waals surface area contributed by atoms with E-state index in [0.29, 0.717) is 19.6 Å². The zero-order valence-corrected chi connectivity index (χ0v) is 10.3. The van der Waals surface area contributed by atoms with Gasteiger partial charge in [0.1, 0.15) is 0 Å². The van der Waals surface area contributed by atoms with Crippen LogP contribution in [0.4, 0.5) is 0 Å². The molecular weight excluding hydrogens is 216 g/mol. The molecule has 96 valence electrons. The van der Waals surface area contributed by atoms with Crippen molar-refractivity contribution >= 4 is 0 Å². The lowest BCUT2D eigenvalue weighted by Crippen LogP contribution is -2.37. The first-order chi connectivity index (χ1) is 8.22. The second-order valence-corrected chi connectivity index (χ2v) is 4.15. The van der Waals surface area contributed by atoms with Crippen LogP contribution in [0.25, 0.3) is 0 Å². The quantitative estimate of drug-likeness (QED) is 0.638.